The first-order valence-corrected chi connectivity index (χ1v) is 8.56. The van der Waals surface area contributed by atoms with E-state index in [1.54, 1.807) is 0 Å². The SMILES string of the molecule is CCC(C)C1NC(=O)CCN(C2C=CS(=O)(=O)C2)C1=O. The van der Waals surface area contributed by atoms with E-state index in [-0.39, 0.29) is 36.5 Å². The molecular formula is C13H20N2O4S. The van der Waals surface area contributed by atoms with Gasteiger partial charge in [-0.05, 0) is 12.0 Å². The maximum Gasteiger partial charge on any atom is 0.245 e. The summed E-state index contributed by atoms with van der Waals surface area (Å²) in [5, 5.41) is 3.91. The molecule has 7 heteroatoms. The molecule has 0 spiro atoms. The van der Waals surface area contributed by atoms with Crippen molar-refractivity contribution < 1.29 is 18.0 Å². The van der Waals surface area contributed by atoms with Gasteiger partial charge in [0.1, 0.15) is 6.04 Å². The van der Waals surface area contributed by atoms with Crippen LogP contribution in [0.15, 0.2) is 11.5 Å². The molecule has 0 saturated carbocycles. The van der Waals surface area contributed by atoms with Gasteiger partial charge < -0.3 is 10.2 Å². The predicted octanol–water partition coefficient (Wildman–Crippen LogP) is 0.0603. The molecule has 3 atom stereocenters. The Morgan fingerprint density at radius 3 is 2.70 bits per heavy atom. The van der Waals surface area contributed by atoms with Crippen molar-refractivity contribution in [1.82, 2.24) is 10.2 Å². The first-order valence-electron chi connectivity index (χ1n) is 6.85. The fraction of sp³-hybridized carbons (Fsp3) is 0.692. The quantitative estimate of drug-likeness (QED) is 0.799. The van der Waals surface area contributed by atoms with Crippen molar-refractivity contribution in [2.24, 2.45) is 5.92 Å². The van der Waals surface area contributed by atoms with Gasteiger partial charge in [0.15, 0.2) is 9.84 Å². The second-order valence-electron chi connectivity index (χ2n) is 5.44. The highest BCUT2D eigenvalue weighted by Crippen LogP contribution is 2.20. The van der Waals surface area contributed by atoms with Crippen LogP contribution < -0.4 is 5.32 Å². The summed E-state index contributed by atoms with van der Waals surface area (Å²) in [6.07, 6.45) is 2.52. The Morgan fingerprint density at radius 2 is 2.15 bits per heavy atom. The summed E-state index contributed by atoms with van der Waals surface area (Å²) in [5.74, 6) is -0.401. The van der Waals surface area contributed by atoms with E-state index < -0.39 is 21.9 Å². The average Bonchev–Trinajstić information content (AvgIpc) is 2.67. The highest BCUT2D eigenvalue weighted by atomic mass is 32.2. The molecule has 0 aliphatic carbocycles. The van der Waals surface area contributed by atoms with Crippen LogP contribution in [0.4, 0.5) is 0 Å². The van der Waals surface area contributed by atoms with E-state index in [9.17, 15) is 18.0 Å². The topological polar surface area (TPSA) is 83.6 Å². The average molecular weight is 300 g/mol. The van der Waals surface area contributed by atoms with Gasteiger partial charge in [0.05, 0.1) is 11.8 Å². The van der Waals surface area contributed by atoms with E-state index >= 15 is 0 Å². The monoisotopic (exact) mass is 300 g/mol. The lowest BCUT2D eigenvalue weighted by atomic mass is 9.97. The molecule has 1 fully saturated rings. The standard InChI is InChI=1S/C13H20N2O4S/c1-3-9(2)12-13(17)15(6-4-11(16)14-12)10-5-7-20(18,19)8-10/h5,7,9-10,12H,3-4,6,8H2,1-2H3,(H,14,16). The number of amides is 2. The Balaban J connectivity index is 2.22. The van der Waals surface area contributed by atoms with Crippen molar-refractivity contribution in [1.29, 1.82) is 0 Å². The number of hydrogen-bond donors (Lipinski definition) is 1. The van der Waals surface area contributed by atoms with Gasteiger partial charge in [0.25, 0.3) is 0 Å². The van der Waals surface area contributed by atoms with E-state index in [2.05, 4.69) is 5.32 Å². The molecule has 1 saturated heterocycles. The minimum Gasteiger partial charge on any atom is -0.344 e. The molecule has 3 unspecified atom stereocenters. The molecule has 2 aliphatic heterocycles. The number of nitrogens with zero attached hydrogens (tertiary/aromatic N) is 1. The molecule has 2 amide bonds. The molecule has 0 aromatic rings. The molecule has 6 nitrogen and oxygen atoms in total. The molecule has 2 aliphatic rings. The van der Waals surface area contributed by atoms with Crippen molar-refractivity contribution in [3.63, 3.8) is 0 Å². The van der Waals surface area contributed by atoms with Crippen LogP contribution in [0.5, 0.6) is 0 Å². The molecule has 2 heterocycles. The molecule has 0 aromatic carbocycles. The molecule has 1 N–H and O–H groups in total. The Hall–Kier alpha value is -1.37. The molecule has 0 bridgehead atoms. The lowest BCUT2D eigenvalue weighted by Crippen LogP contribution is -2.51. The Kier molecular flexibility index (Phi) is 4.17. The maximum atomic E-state index is 12.6. The summed E-state index contributed by atoms with van der Waals surface area (Å²) >= 11 is 0. The zero-order chi connectivity index (χ0) is 14.9. The van der Waals surface area contributed by atoms with E-state index in [0.717, 1.165) is 11.8 Å². The summed E-state index contributed by atoms with van der Waals surface area (Å²) in [4.78, 5) is 25.8. The second kappa shape index (κ2) is 5.55. The van der Waals surface area contributed by atoms with E-state index in [1.165, 1.54) is 11.0 Å². The van der Waals surface area contributed by atoms with Crippen LogP contribution >= 0.6 is 0 Å². The zero-order valence-corrected chi connectivity index (χ0v) is 12.5. The normalized spacial score (nSPS) is 31.0. The minimum atomic E-state index is -3.22. The van der Waals surface area contributed by atoms with E-state index in [1.807, 2.05) is 13.8 Å². The third-order valence-corrected chi connectivity index (χ3v) is 5.35. The van der Waals surface area contributed by atoms with Crippen LogP contribution in [-0.4, -0.2) is 49.5 Å². The van der Waals surface area contributed by atoms with Gasteiger partial charge in [-0.3, -0.25) is 9.59 Å². The summed E-state index contributed by atoms with van der Waals surface area (Å²) < 4.78 is 23.0. The second-order valence-corrected chi connectivity index (χ2v) is 7.37. The van der Waals surface area contributed by atoms with Crippen molar-refractivity contribution in [2.75, 3.05) is 12.3 Å². The number of nitrogens with one attached hydrogen (secondary N) is 1. The van der Waals surface area contributed by atoms with Crippen LogP contribution in [-0.2, 0) is 19.4 Å². The van der Waals surface area contributed by atoms with Crippen molar-refractivity contribution in [3.05, 3.63) is 11.5 Å². The van der Waals surface area contributed by atoms with Crippen LogP contribution in [0.1, 0.15) is 26.7 Å². The first kappa shape index (κ1) is 15.0. The number of hydrogen-bond acceptors (Lipinski definition) is 4. The summed E-state index contributed by atoms with van der Waals surface area (Å²) in [7, 11) is -3.22. The summed E-state index contributed by atoms with van der Waals surface area (Å²) in [5.41, 5.74) is 0. The zero-order valence-electron chi connectivity index (χ0n) is 11.7. The van der Waals surface area contributed by atoms with Crippen molar-refractivity contribution in [2.45, 2.75) is 38.8 Å². The fourth-order valence-corrected chi connectivity index (χ4v) is 3.82. The Labute approximate surface area is 119 Å². The third-order valence-electron chi connectivity index (χ3n) is 3.97. The van der Waals surface area contributed by atoms with Crippen LogP contribution in [0.3, 0.4) is 0 Å². The summed E-state index contributed by atoms with van der Waals surface area (Å²) in [6, 6.07) is -1.02. The first-order chi connectivity index (χ1) is 9.34. The molecule has 2 rings (SSSR count). The maximum absolute atomic E-state index is 12.6. The highest BCUT2D eigenvalue weighted by molar-refractivity contribution is 7.94. The molecular weight excluding hydrogens is 280 g/mol. The Morgan fingerprint density at radius 1 is 1.45 bits per heavy atom. The number of carbonyl (C=O) groups is 2. The summed E-state index contributed by atoms with van der Waals surface area (Å²) in [6.45, 7) is 4.13. The number of sulfone groups is 1. The van der Waals surface area contributed by atoms with Gasteiger partial charge in [0.2, 0.25) is 11.8 Å². The molecule has 0 aromatic heterocycles. The van der Waals surface area contributed by atoms with E-state index in [0.29, 0.717) is 0 Å². The lowest BCUT2D eigenvalue weighted by molar-refractivity contribution is -0.135. The lowest BCUT2D eigenvalue weighted by Gasteiger charge is -2.30. The minimum absolute atomic E-state index is 0.0223. The number of rotatable bonds is 3. The highest BCUT2D eigenvalue weighted by Gasteiger charge is 2.38. The van der Waals surface area contributed by atoms with Gasteiger partial charge in [-0.1, -0.05) is 20.3 Å². The molecule has 20 heavy (non-hydrogen) atoms. The molecule has 0 radical (unpaired) electrons. The fourth-order valence-electron chi connectivity index (χ4n) is 2.52. The van der Waals surface area contributed by atoms with Crippen molar-refractivity contribution in [3.8, 4) is 0 Å². The number of carbonyl (C=O) groups excluding carboxylic acids is 2. The largest absolute Gasteiger partial charge is 0.344 e. The van der Waals surface area contributed by atoms with Crippen LogP contribution in [0.25, 0.3) is 0 Å². The van der Waals surface area contributed by atoms with Crippen LogP contribution in [0, 0.1) is 5.92 Å². The van der Waals surface area contributed by atoms with Gasteiger partial charge >= 0.3 is 0 Å². The van der Waals surface area contributed by atoms with Gasteiger partial charge in [0, 0.05) is 18.4 Å². The van der Waals surface area contributed by atoms with Gasteiger partial charge in [-0.15, -0.1) is 0 Å². The van der Waals surface area contributed by atoms with Gasteiger partial charge in [-0.2, -0.15) is 0 Å². The smallest absolute Gasteiger partial charge is 0.245 e. The van der Waals surface area contributed by atoms with Crippen molar-refractivity contribution >= 4 is 21.7 Å². The van der Waals surface area contributed by atoms with E-state index in [4.69, 9.17) is 0 Å². The Bertz CT molecular complexity index is 541. The van der Waals surface area contributed by atoms with Crippen LogP contribution in [0.2, 0.25) is 0 Å². The molecule has 112 valence electrons. The third kappa shape index (κ3) is 3.03. The van der Waals surface area contributed by atoms with Gasteiger partial charge in [-0.25, -0.2) is 8.42 Å². The predicted molar refractivity (Wildman–Crippen MR) is 74.4 cm³/mol.